The van der Waals surface area contributed by atoms with E-state index in [4.69, 9.17) is 32.7 Å². The molecule has 0 saturated carbocycles. The Morgan fingerprint density at radius 2 is 1.78 bits per heavy atom. The Labute approximate surface area is 222 Å². The molecule has 0 aliphatic carbocycles. The van der Waals surface area contributed by atoms with Gasteiger partial charge in [0.15, 0.2) is 5.70 Å². The third-order valence-electron chi connectivity index (χ3n) is 4.58. The van der Waals surface area contributed by atoms with Crippen molar-refractivity contribution in [3.8, 4) is 5.75 Å². The van der Waals surface area contributed by atoms with Crippen LogP contribution in [0.1, 0.15) is 22.3 Å². The summed E-state index contributed by atoms with van der Waals surface area (Å²) in [4.78, 5) is 16.7. The largest absolute Gasteiger partial charge is 0.487 e. The van der Waals surface area contributed by atoms with Gasteiger partial charge in [-0.2, -0.15) is 0 Å². The standard InChI is InChI=1S/C24H15Cl2I2NO3/c1-13-3-2-4-14(7-13)12-31-22-19(27)8-15(9-20(22)28)10-21-24(30)32-23(29-21)16-5-6-17(25)18(26)11-16/h2-11H,12H2,1H3/b21-10-. The Hall–Kier alpha value is -1.62. The number of hydrogen-bond donors (Lipinski definition) is 0. The number of halogens is 4. The van der Waals surface area contributed by atoms with E-state index in [2.05, 4.69) is 69.2 Å². The summed E-state index contributed by atoms with van der Waals surface area (Å²) in [6.07, 6.45) is 1.70. The highest BCUT2D eigenvalue weighted by Crippen LogP contribution is 2.31. The number of cyclic esters (lactones) is 1. The summed E-state index contributed by atoms with van der Waals surface area (Å²) in [6.45, 7) is 2.54. The Kier molecular flexibility index (Phi) is 7.44. The molecule has 3 aromatic rings. The molecule has 0 aromatic heterocycles. The average Bonchev–Trinajstić information content (AvgIpc) is 3.10. The van der Waals surface area contributed by atoms with E-state index in [0.717, 1.165) is 24.0 Å². The van der Waals surface area contributed by atoms with Crippen LogP contribution < -0.4 is 4.74 Å². The van der Waals surface area contributed by atoms with Gasteiger partial charge in [0.05, 0.1) is 17.2 Å². The molecule has 1 aliphatic rings. The van der Waals surface area contributed by atoms with Gasteiger partial charge in [0.25, 0.3) is 0 Å². The van der Waals surface area contributed by atoms with E-state index in [0.29, 0.717) is 22.2 Å². The zero-order chi connectivity index (χ0) is 22.8. The van der Waals surface area contributed by atoms with Crippen LogP contribution in [0.25, 0.3) is 6.08 Å². The van der Waals surface area contributed by atoms with Gasteiger partial charge in [0, 0.05) is 5.56 Å². The van der Waals surface area contributed by atoms with Crippen molar-refractivity contribution in [2.24, 2.45) is 4.99 Å². The fourth-order valence-electron chi connectivity index (χ4n) is 3.08. The van der Waals surface area contributed by atoms with Crippen molar-refractivity contribution < 1.29 is 14.3 Å². The van der Waals surface area contributed by atoms with Gasteiger partial charge in [0.2, 0.25) is 5.90 Å². The van der Waals surface area contributed by atoms with Gasteiger partial charge in [-0.3, -0.25) is 0 Å². The minimum absolute atomic E-state index is 0.197. The number of hydrogen-bond acceptors (Lipinski definition) is 4. The Morgan fingerprint density at radius 3 is 2.47 bits per heavy atom. The number of ether oxygens (including phenoxy) is 2. The van der Waals surface area contributed by atoms with Gasteiger partial charge in [-0.1, -0.05) is 53.0 Å². The Morgan fingerprint density at radius 1 is 1.03 bits per heavy atom. The number of aliphatic imine (C=N–C) groups is 1. The number of rotatable bonds is 5. The van der Waals surface area contributed by atoms with Gasteiger partial charge in [-0.05, 0) is 99.6 Å². The van der Waals surface area contributed by atoms with E-state index in [1.165, 1.54) is 5.56 Å². The topological polar surface area (TPSA) is 47.9 Å². The van der Waals surface area contributed by atoms with Gasteiger partial charge in [-0.25, -0.2) is 9.79 Å². The van der Waals surface area contributed by atoms with E-state index < -0.39 is 5.97 Å². The molecule has 162 valence electrons. The molecule has 1 aliphatic heterocycles. The van der Waals surface area contributed by atoms with Crippen LogP contribution in [0.4, 0.5) is 0 Å². The van der Waals surface area contributed by atoms with Crippen molar-refractivity contribution in [3.05, 3.63) is 99.7 Å². The molecular formula is C24H15Cl2I2NO3. The molecule has 1 heterocycles. The van der Waals surface area contributed by atoms with E-state index in [9.17, 15) is 4.79 Å². The monoisotopic (exact) mass is 689 g/mol. The van der Waals surface area contributed by atoms with Crippen molar-refractivity contribution in [1.29, 1.82) is 0 Å². The fourth-order valence-corrected chi connectivity index (χ4v) is 5.50. The fraction of sp³-hybridized carbons (Fsp3) is 0.0833. The Balaban J connectivity index is 1.56. The minimum atomic E-state index is -0.518. The predicted molar refractivity (Wildman–Crippen MR) is 144 cm³/mol. The highest BCUT2D eigenvalue weighted by Gasteiger charge is 2.25. The van der Waals surface area contributed by atoms with Gasteiger partial charge in [0.1, 0.15) is 12.4 Å². The molecule has 0 spiro atoms. The number of nitrogens with zero attached hydrogens (tertiary/aromatic N) is 1. The van der Waals surface area contributed by atoms with Crippen LogP contribution in [0.15, 0.2) is 65.3 Å². The molecule has 0 saturated heterocycles. The molecule has 8 heteroatoms. The maximum Gasteiger partial charge on any atom is 0.363 e. The lowest BCUT2D eigenvalue weighted by molar-refractivity contribution is -0.129. The first-order valence-electron chi connectivity index (χ1n) is 9.45. The second-order valence-corrected chi connectivity index (χ2v) is 10.2. The molecular weight excluding hydrogens is 675 g/mol. The SMILES string of the molecule is Cc1cccc(COc2c(I)cc(/C=C3\N=C(c4ccc(Cl)c(Cl)c4)OC3=O)cc2I)c1. The maximum atomic E-state index is 12.3. The Bertz CT molecular complexity index is 1260. The molecule has 0 radical (unpaired) electrons. The number of carbonyl (C=O) groups excluding carboxylic acids is 1. The third kappa shape index (κ3) is 5.47. The van der Waals surface area contributed by atoms with E-state index in [1.54, 1.807) is 24.3 Å². The van der Waals surface area contributed by atoms with E-state index >= 15 is 0 Å². The minimum Gasteiger partial charge on any atom is -0.487 e. The molecule has 0 N–H and O–H groups in total. The summed E-state index contributed by atoms with van der Waals surface area (Å²) in [6, 6.07) is 17.1. The molecule has 4 rings (SSSR count). The second-order valence-electron chi connectivity index (χ2n) is 7.06. The summed E-state index contributed by atoms with van der Waals surface area (Å²) in [5, 5.41) is 0.788. The van der Waals surface area contributed by atoms with Gasteiger partial charge < -0.3 is 9.47 Å². The van der Waals surface area contributed by atoms with E-state index in [-0.39, 0.29) is 11.6 Å². The van der Waals surface area contributed by atoms with Crippen molar-refractivity contribution in [1.82, 2.24) is 0 Å². The van der Waals surface area contributed by atoms with Crippen LogP contribution >= 0.6 is 68.4 Å². The summed E-state index contributed by atoms with van der Waals surface area (Å²) >= 11 is 16.5. The van der Waals surface area contributed by atoms with Crippen LogP contribution in [0.2, 0.25) is 10.0 Å². The third-order valence-corrected chi connectivity index (χ3v) is 6.92. The predicted octanol–water partition coefficient (Wildman–Crippen LogP) is 7.43. The quantitative estimate of drug-likeness (QED) is 0.159. The molecule has 0 bridgehead atoms. The molecule has 3 aromatic carbocycles. The summed E-state index contributed by atoms with van der Waals surface area (Å²) in [7, 11) is 0. The van der Waals surface area contributed by atoms with Crippen LogP contribution in [-0.4, -0.2) is 11.9 Å². The first kappa shape index (κ1) is 23.5. The number of carbonyl (C=O) groups is 1. The summed E-state index contributed by atoms with van der Waals surface area (Å²) < 4.78 is 13.3. The molecule has 32 heavy (non-hydrogen) atoms. The molecule has 0 amide bonds. The number of benzene rings is 3. The van der Waals surface area contributed by atoms with Crippen LogP contribution in [0.3, 0.4) is 0 Å². The molecule has 0 unspecified atom stereocenters. The number of esters is 1. The molecule has 0 fully saturated rings. The van der Waals surface area contributed by atoms with Gasteiger partial charge in [-0.15, -0.1) is 0 Å². The number of aryl methyl sites for hydroxylation is 1. The maximum absolute atomic E-state index is 12.3. The van der Waals surface area contributed by atoms with Crippen molar-refractivity contribution in [2.75, 3.05) is 0 Å². The summed E-state index contributed by atoms with van der Waals surface area (Å²) in [5.74, 6) is 0.488. The van der Waals surface area contributed by atoms with Crippen LogP contribution in [0, 0.1) is 14.1 Å². The van der Waals surface area contributed by atoms with Crippen LogP contribution in [-0.2, 0) is 16.1 Å². The van der Waals surface area contributed by atoms with Crippen molar-refractivity contribution in [2.45, 2.75) is 13.5 Å². The zero-order valence-electron chi connectivity index (χ0n) is 16.7. The molecule has 0 atom stereocenters. The zero-order valence-corrected chi connectivity index (χ0v) is 22.5. The lowest BCUT2D eigenvalue weighted by atomic mass is 10.1. The van der Waals surface area contributed by atoms with Crippen molar-refractivity contribution >= 4 is 86.3 Å². The van der Waals surface area contributed by atoms with E-state index in [1.807, 2.05) is 24.3 Å². The van der Waals surface area contributed by atoms with Gasteiger partial charge >= 0.3 is 5.97 Å². The average molecular weight is 690 g/mol. The first-order chi connectivity index (χ1) is 15.3. The lowest BCUT2D eigenvalue weighted by Gasteiger charge is -2.12. The second kappa shape index (κ2) is 10.1. The molecule has 4 nitrogen and oxygen atoms in total. The highest BCUT2D eigenvalue weighted by atomic mass is 127. The highest BCUT2D eigenvalue weighted by molar-refractivity contribution is 14.1. The lowest BCUT2D eigenvalue weighted by Crippen LogP contribution is -2.05. The normalized spacial score (nSPS) is 14.5. The van der Waals surface area contributed by atoms with Crippen LogP contribution in [0.5, 0.6) is 5.75 Å². The first-order valence-corrected chi connectivity index (χ1v) is 12.4. The smallest absolute Gasteiger partial charge is 0.363 e. The summed E-state index contributed by atoms with van der Waals surface area (Å²) in [5.41, 5.74) is 3.93. The van der Waals surface area contributed by atoms with Crippen molar-refractivity contribution in [3.63, 3.8) is 0 Å².